The molecule has 0 bridgehead atoms. The summed E-state index contributed by atoms with van der Waals surface area (Å²) >= 11 is 6.11. The molecule has 1 aromatic heterocycles. The molecule has 0 N–H and O–H groups in total. The normalized spacial score (nSPS) is 11.2. The summed E-state index contributed by atoms with van der Waals surface area (Å²) in [6, 6.07) is 11.9. The molecule has 0 saturated heterocycles. The number of aromatic nitrogens is 2. The van der Waals surface area contributed by atoms with E-state index in [2.05, 4.69) is 30.5 Å². The minimum absolute atomic E-state index is 0.405. The van der Waals surface area contributed by atoms with E-state index in [4.69, 9.17) is 26.1 Å². The van der Waals surface area contributed by atoms with E-state index in [1.165, 1.54) is 5.56 Å². The number of hydrogen-bond acceptors (Lipinski definition) is 3. The highest BCUT2D eigenvalue weighted by atomic mass is 35.5. The Bertz CT molecular complexity index is 874. The van der Waals surface area contributed by atoms with Crippen molar-refractivity contribution >= 4 is 22.6 Å². The van der Waals surface area contributed by atoms with Gasteiger partial charge in [0.1, 0.15) is 18.2 Å². The zero-order valence-electron chi connectivity index (χ0n) is 14.9. The number of imidazole rings is 1. The lowest BCUT2D eigenvalue weighted by Gasteiger charge is -2.12. The SMILES string of the molecule is CCOCCn1c(COc2ccc(C)cc2C)nc2cc(Cl)ccc21. The highest BCUT2D eigenvalue weighted by Gasteiger charge is 2.12. The third-order valence-electron chi connectivity index (χ3n) is 4.14. The Morgan fingerprint density at radius 1 is 1.12 bits per heavy atom. The van der Waals surface area contributed by atoms with Gasteiger partial charge in [-0.05, 0) is 50.6 Å². The second kappa shape index (κ2) is 7.89. The van der Waals surface area contributed by atoms with Gasteiger partial charge in [-0.2, -0.15) is 0 Å². The Morgan fingerprint density at radius 2 is 1.96 bits per heavy atom. The fourth-order valence-corrected chi connectivity index (χ4v) is 3.08. The Labute approximate surface area is 153 Å². The van der Waals surface area contributed by atoms with Crippen LogP contribution < -0.4 is 4.74 Å². The molecule has 1 heterocycles. The Balaban J connectivity index is 1.86. The fourth-order valence-electron chi connectivity index (χ4n) is 2.92. The van der Waals surface area contributed by atoms with E-state index in [1.54, 1.807) is 0 Å². The van der Waals surface area contributed by atoms with Crippen molar-refractivity contribution < 1.29 is 9.47 Å². The van der Waals surface area contributed by atoms with E-state index in [0.29, 0.717) is 24.8 Å². The Morgan fingerprint density at radius 3 is 2.72 bits per heavy atom. The number of fused-ring (bicyclic) bond motifs is 1. The molecule has 3 rings (SSSR count). The zero-order valence-corrected chi connectivity index (χ0v) is 15.6. The van der Waals surface area contributed by atoms with Gasteiger partial charge in [0, 0.05) is 18.2 Å². The van der Waals surface area contributed by atoms with Crippen LogP contribution in [0.15, 0.2) is 36.4 Å². The third-order valence-corrected chi connectivity index (χ3v) is 4.37. The molecule has 0 aliphatic carbocycles. The van der Waals surface area contributed by atoms with E-state index in [1.807, 2.05) is 31.2 Å². The third kappa shape index (κ3) is 4.14. The summed E-state index contributed by atoms with van der Waals surface area (Å²) in [5, 5.41) is 0.684. The minimum atomic E-state index is 0.405. The molecule has 0 aliphatic heterocycles. The fraction of sp³-hybridized carbons (Fsp3) is 0.350. The van der Waals surface area contributed by atoms with Crippen LogP contribution in [0.25, 0.3) is 11.0 Å². The lowest BCUT2D eigenvalue weighted by molar-refractivity contribution is 0.138. The maximum absolute atomic E-state index is 6.11. The lowest BCUT2D eigenvalue weighted by Crippen LogP contribution is -2.11. The number of benzene rings is 2. The van der Waals surface area contributed by atoms with Crippen LogP contribution in [-0.2, 0) is 17.9 Å². The largest absolute Gasteiger partial charge is 0.485 e. The highest BCUT2D eigenvalue weighted by Crippen LogP contribution is 2.23. The average molecular weight is 359 g/mol. The standard InChI is InChI=1S/C20H23ClN2O2/c1-4-24-10-9-23-18-7-6-16(21)12-17(18)22-20(23)13-25-19-8-5-14(2)11-15(19)3/h5-8,11-12H,4,9-10,13H2,1-3H3. The summed E-state index contributed by atoms with van der Waals surface area (Å²) in [7, 11) is 0. The first-order valence-corrected chi connectivity index (χ1v) is 8.88. The molecule has 0 saturated carbocycles. The van der Waals surface area contributed by atoms with Gasteiger partial charge in [-0.3, -0.25) is 0 Å². The van der Waals surface area contributed by atoms with Gasteiger partial charge in [-0.15, -0.1) is 0 Å². The van der Waals surface area contributed by atoms with Crippen molar-refractivity contribution in [3.63, 3.8) is 0 Å². The summed E-state index contributed by atoms with van der Waals surface area (Å²) in [6.45, 7) is 8.61. The van der Waals surface area contributed by atoms with E-state index >= 15 is 0 Å². The molecule has 0 atom stereocenters. The number of halogens is 1. The first-order chi connectivity index (χ1) is 12.1. The highest BCUT2D eigenvalue weighted by molar-refractivity contribution is 6.31. The van der Waals surface area contributed by atoms with Crippen LogP contribution in [0.3, 0.4) is 0 Å². The topological polar surface area (TPSA) is 36.3 Å². The summed E-state index contributed by atoms with van der Waals surface area (Å²) in [6.07, 6.45) is 0. The van der Waals surface area contributed by atoms with Gasteiger partial charge in [-0.25, -0.2) is 4.98 Å². The molecule has 4 nitrogen and oxygen atoms in total. The summed E-state index contributed by atoms with van der Waals surface area (Å²) in [5.74, 6) is 1.75. The molecule has 132 valence electrons. The first kappa shape index (κ1) is 17.8. The van der Waals surface area contributed by atoms with Crippen LogP contribution in [0.5, 0.6) is 5.75 Å². The molecule has 3 aromatic rings. The van der Waals surface area contributed by atoms with Crippen LogP contribution in [0.2, 0.25) is 5.02 Å². The van der Waals surface area contributed by atoms with Gasteiger partial charge >= 0.3 is 0 Å². The van der Waals surface area contributed by atoms with Crippen LogP contribution in [0.4, 0.5) is 0 Å². The predicted octanol–water partition coefficient (Wildman–Crippen LogP) is 4.92. The lowest BCUT2D eigenvalue weighted by atomic mass is 10.1. The van der Waals surface area contributed by atoms with Crippen LogP contribution in [0, 0.1) is 13.8 Å². The molecule has 0 spiro atoms. The molecule has 0 unspecified atom stereocenters. The van der Waals surface area contributed by atoms with Crippen molar-refractivity contribution in [3.8, 4) is 5.75 Å². The zero-order chi connectivity index (χ0) is 17.8. The Kier molecular flexibility index (Phi) is 5.61. The van der Waals surface area contributed by atoms with Crippen molar-refractivity contribution in [3.05, 3.63) is 58.4 Å². The first-order valence-electron chi connectivity index (χ1n) is 8.51. The molecular formula is C20H23ClN2O2. The summed E-state index contributed by atoms with van der Waals surface area (Å²) in [5.41, 5.74) is 4.27. The maximum Gasteiger partial charge on any atom is 0.148 e. The monoisotopic (exact) mass is 358 g/mol. The van der Waals surface area contributed by atoms with Crippen molar-refractivity contribution in [2.24, 2.45) is 0 Å². The summed E-state index contributed by atoms with van der Waals surface area (Å²) in [4.78, 5) is 4.71. The number of ether oxygens (including phenoxy) is 2. The average Bonchev–Trinajstić information content (AvgIpc) is 2.91. The van der Waals surface area contributed by atoms with Crippen molar-refractivity contribution in [2.45, 2.75) is 33.9 Å². The molecule has 0 amide bonds. The van der Waals surface area contributed by atoms with Crippen LogP contribution in [-0.4, -0.2) is 22.8 Å². The van der Waals surface area contributed by atoms with Gasteiger partial charge in [-0.1, -0.05) is 29.3 Å². The number of rotatable bonds is 7. The Hall–Kier alpha value is -2.04. The van der Waals surface area contributed by atoms with Crippen molar-refractivity contribution in [1.82, 2.24) is 9.55 Å². The van der Waals surface area contributed by atoms with E-state index < -0.39 is 0 Å². The predicted molar refractivity (Wildman–Crippen MR) is 101 cm³/mol. The van der Waals surface area contributed by atoms with Crippen molar-refractivity contribution in [1.29, 1.82) is 0 Å². The van der Waals surface area contributed by atoms with Gasteiger partial charge < -0.3 is 14.0 Å². The molecular weight excluding hydrogens is 336 g/mol. The second-order valence-corrected chi connectivity index (χ2v) is 6.50. The quantitative estimate of drug-likeness (QED) is 0.562. The van der Waals surface area contributed by atoms with Crippen LogP contribution in [0.1, 0.15) is 23.9 Å². The molecule has 0 radical (unpaired) electrons. The van der Waals surface area contributed by atoms with Crippen LogP contribution >= 0.6 is 11.6 Å². The van der Waals surface area contributed by atoms with Gasteiger partial charge in [0.2, 0.25) is 0 Å². The number of aryl methyl sites for hydroxylation is 2. The number of nitrogens with zero attached hydrogens (tertiary/aromatic N) is 2. The smallest absolute Gasteiger partial charge is 0.148 e. The minimum Gasteiger partial charge on any atom is -0.485 e. The van der Waals surface area contributed by atoms with Gasteiger partial charge in [0.25, 0.3) is 0 Å². The van der Waals surface area contributed by atoms with E-state index in [-0.39, 0.29) is 0 Å². The maximum atomic E-state index is 6.11. The van der Waals surface area contributed by atoms with Gasteiger partial charge in [0.05, 0.1) is 17.6 Å². The molecule has 5 heteroatoms. The molecule has 25 heavy (non-hydrogen) atoms. The number of hydrogen-bond donors (Lipinski definition) is 0. The van der Waals surface area contributed by atoms with E-state index in [9.17, 15) is 0 Å². The molecule has 0 aliphatic rings. The molecule has 0 fully saturated rings. The van der Waals surface area contributed by atoms with E-state index in [0.717, 1.165) is 34.7 Å². The molecule has 2 aromatic carbocycles. The van der Waals surface area contributed by atoms with Crippen molar-refractivity contribution in [2.75, 3.05) is 13.2 Å². The summed E-state index contributed by atoms with van der Waals surface area (Å²) < 4.78 is 13.7. The second-order valence-electron chi connectivity index (χ2n) is 6.07. The van der Waals surface area contributed by atoms with Gasteiger partial charge in [0.15, 0.2) is 0 Å².